The molecule has 0 saturated heterocycles. The lowest BCUT2D eigenvalue weighted by Crippen LogP contribution is -2.17. The van der Waals surface area contributed by atoms with E-state index in [0.717, 1.165) is 0 Å². The van der Waals surface area contributed by atoms with Gasteiger partial charge in [0, 0.05) is 7.11 Å². The second kappa shape index (κ2) is 5.14. The van der Waals surface area contributed by atoms with E-state index < -0.39 is 24.1 Å². The summed E-state index contributed by atoms with van der Waals surface area (Å²) in [5, 5.41) is 0. The number of methoxy groups -OCH3 is 1. The highest BCUT2D eigenvalue weighted by molar-refractivity contribution is 5.00. The van der Waals surface area contributed by atoms with Gasteiger partial charge in [-0.05, 0) is 6.92 Å². The third kappa shape index (κ3) is 4.40. The summed E-state index contributed by atoms with van der Waals surface area (Å²) in [7, 11) is 1.25. The van der Waals surface area contributed by atoms with Gasteiger partial charge < -0.3 is 9.47 Å². The van der Waals surface area contributed by atoms with E-state index in [0.29, 0.717) is 0 Å². The standard InChI is InChI=1S/C7H9F5O2/c1-4(3-13-2)14-6(9)5(8)7(10,11)12/h4H,3H2,1-2H3/b6-5-. The number of rotatable bonds is 4. The zero-order valence-electron chi connectivity index (χ0n) is 7.49. The van der Waals surface area contributed by atoms with Crippen LogP contribution in [-0.4, -0.2) is 26.0 Å². The Labute approximate surface area is 77.3 Å². The van der Waals surface area contributed by atoms with Crippen LogP contribution in [0.1, 0.15) is 6.92 Å². The van der Waals surface area contributed by atoms with E-state index in [9.17, 15) is 22.0 Å². The average Bonchev–Trinajstić information content (AvgIpc) is 2.01. The Balaban J connectivity index is 4.37. The van der Waals surface area contributed by atoms with Crippen molar-refractivity contribution in [3.8, 4) is 0 Å². The third-order valence-electron chi connectivity index (χ3n) is 1.13. The van der Waals surface area contributed by atoms with Gasteiger partial charge in [0.1, 0.15) is 6.10 Å². The quantitative estimate of drug-likeness (QED) is 0.535. The molecule has 0 fully saturated rings. The molecule has 0 aliphatic rings. The molecule has 0 aliphatic heterocycles. The predicted molar refractivity (Wildman–Crippen MR) is 37.7 cm³/mol. The van der Waals surface area contributed by atoms with Gasteiger partial charge in [-0.2, -0.15) is 22.0 Å². The Morgan fingerprint density at radius 3 is 2.14 bits per heavy atom. The van der Waals surface area contributed by atoms with E-state index in [4.69, 9.17) is 0 Å². The fraction of sp³-hybridized carbons (Fsp3) is 0.714. The van der Waals surface area contributed by atoms with Crippen molar-refractivity contribution < 1.29 is 31.4 Å². The van der Waals surface area contributed by atoms with Gasteiger partial charge in [-0.25, -0.2) is 0 Å². The molecule has 0 spiro atoms. The van der Waals surface area contributed by atoms with Gasteiger partial charge >= 0.3 is 12.2 Å². The Morgan fingerprint density at radius 1 is 1.29 bits per heavy atom. The second-order valence-electron chi connectivity index (χ2n) is 2.47. The molecule has 0 saturated carbocycles. The van der Waals surface area contributed by atoms with Crippen LogP contribution in [0, 0.1) is 0 Å². The molecule has 1 atom stereocenters. The fourth-order valence-electron chi connectivity index (χ4n) is 0.609. The van der Waals surface area contributed by atoms with E-state index >= 15 is 0 Å². The van der Waals surface area contributed by atoms with Crippen LogP contribution in [0.4, 0.5) is 22.0 Å². The largest absolute Gasteiger partial charge is 0.463 e. The van der Waals surface area contributed by atoms with Gasteiger partial charge in [0.2, 0.25) is 0 Å². The molecular weight excluding hydrogens is 211 g/mol. The smallest absolute Gasteiger partial charge is 0.449 e. The monoisotopic (exact) mass is 220 g/mol. The molecule has 0 aromatic heterocycles. The summed E-state index contributed by atoms with van der Waals surface area (Å²) in [6, 6.07) is -2.28. The molecular formula is C7H9F5O2. The summed E-state index contributed by atoms with van der Waals surface area (Å²) in [6.45, 7) is 1.10. The highest BCUT2D eigenvalue weighted by atomic mass is 19.4. The molecule has 0 amide bonds. The lowest BCUT2D eigenvalue weighted by Gasteiger charge is -2.12. The van der Waals surface area contributed by atoms with Gasteiger partial charge in [0.05, 0.1) is 6.61 Å². The molecule has 0 N–H and O–H groups in total. The second-order valence-corrected chi connectivity index (χ2v) is 2.47. The Morgan fingerprint density at radius 2 is 1.79 bits per heavy atom. The Bertz CT molecular complexity index is 211. The number of hydrogen-bond acceptors (Lipinski definition) is 2. The number of ether oxygens (including phenoxy) is 2. The number of allylic oxidation sites excluding steroid dienone is 1. The van der Waals surface area contributed by atoms with Crippen LogP contribution in [0.25, 0.3) is 0 Å². The molecule has 0 aromatic rings. The summed E-state index contributed by atoms with van der Waals surface area (Å²) in [5.74, 6) is -2.87. The lowest BCUT2D eigenvalue weighted by atomic mass is 10.4. The summed E-state index contributed by atoms with van der Waals surface area (Å²) in [4.78, 5) is 0. The molecule has 7 heteroatoms. The van der Waals surface area contributed by atoms with Crippen LogP contribution in [0.2, 0.25) is 0 Å². The van der Waals surface area contributed by atoms with Crippen LogP contribution in [0.3, 0.4) is 0 Å². The summed E-state index contributed by atoms with van der Waals surface area (Å²) in [6.07, 6.45) is -6.36. The van der Waals surface area contributed by atoms with E-state index in [1.807, 2.05) is 0 Å². The molecule has 0 heterocycles. The van der Waals surface area contributed by atoms with E-state index in [1.165, 1.54) is 14.0 Å². The van der Waals surface area contributed by atoms with Crippen LogP contribution in [0.15, 0.2) is 11.8 Å². The maximum atomic E-state index is 12.4. The first kappa shape index (κ1) is 13.2. The van der Waals surface area contributed by atoms with Crippen LogP contribution >= 0.6 is 0 Å². The summed E-state index contributed by atoms with van der Waals surface area (Å²) < 4.78 is 67.6. The van der Waals surface area contributed by atoms with Crippen molar-refractivity contribution in [2.75, 3.05) is 13.7 Å². The predicted octanol–water partition coefficient (Wildman–Crippen LogP) is 2.71. The first-order valence-corrected chi connectivity index (χ1v) is 3.57. The van der Waals surface area contributed by atoms with Crippen molar-refractivity contribution >= 4 is 0 Å². The molecule has 0 rings (SSSR count). The van der Waals surface area contributed by atoms with Crippen LogP contribution < -0.4 is 0 Å². The van der Waals surface area contributed by atoms with E-state index in [-0.39, 0.29) is 6.61 Å². The molecule has 84 valence electrons. The van der Waals surface area contributed by atoms with Gasteiger partial charge in [-0.15, -0.1) is 0 Å². The minimum absolute atomic E-state index is 0.140. The molecule has 0 radical (unpaired) electrons. The summed E-state index contributed by atoms with van der Waals surface area (Å²) >= 11 is 0. The highest BCUT2D eigenvalue weighted by Gasteiger charge is 2.39. The van der Waals surface area contributed by atoms with Crippen LogP contribution in [-0.2, 0) is 9.47 Å². The highest BCUT2D eigenvalue weighted by Crippen LogP contribution is 2.30. The average molecular weight is 220 g/mol. The van der Waals surface area contributed by atoms with Crippen molar-refractivity contribution in [3.05, 3.63) is 11.8 Å². The Kier molecular flexibility index (Phi) is 4.82. The van der Waals surface area contributed by atoms with Crippen molar-refractivity contribution in [2.45, 2.75) is 19.2 Å². The zero-order valence-corrected chi connectivity index (χ0v) is 7.49. The number of hydrogen-bond donors (Lipinski definition) is 0. The van der Waals surface area contributed by atoms with Crippen molar-refractivity contribution in [2.24, 2.45) is 0 Å². The molecule has 2 nitrogen and oxygen atoms in total. The number of alkyl halides is 3. The Hall–Kier alpha value is -0.850. The van der Waals surface area contributed by atoms with E-state index in [2.05, 4.69) is 9.47 Å². The molecule has 14 heavy (non-hydrogen) atoms. The van der Waals surface area contributed by atoms with Gasteiger partial charge in [0.15, 0.2) is 0 Å². The minimum atomic E-state index is -5.36. The van der Waals surface area contributed by atoms with E-state index in [1.54, 1.807) is 0 Å². The maximum absolute atomic E-state index is 12.4. The molecule has 1 unspecified atom stereocenters. The van der Waals surface area contributed by atoms with Crippen molar-refractivity contribution in [3.63, 3.8) is 0 Å². The molecule has 0 aliphatic carbocycles. The fourth-order valence-corrected chi connectivity index (χ4v) is 0.609. The zero-order chi connectivity index (χ0) is 11.4. The SMILES string of the molecule is COCC(C)O/C(F)=C(\F)C(F)(F)F. The normalized spacial score (nSPS) is 16.2. The number of halogens is 5. The lowest BCUT2D eigenvalue weighted by molar-refractivity contribution is -0.119. The van der Waals surface area contributed by atoms with Gasteiger partial charge in [-0.1, -0.05) is 0 Å². The third-order valence-corrected chi connectivity index (χ3v) is 1.13. The molecule has 0 aromatic carbocycles. The maximum Gasteiger partial charge on any atom is 0.449 e. The van der Waals surface area contributed by atoms with Crippen molar-refractivity contribution in [1.29, 1.82) is 0 Å². The van der Waals surface area contributed by atoms with Crippen molar-refractivity contribution in [1.82, 2.24) is 0 Å². The minimum Gasteiger partial charge on any atom is -0.463 e. The van der Waals surface area contributed by atoms with Gasteiger partial charge in [0.25, 0.3) is 5.83 Å². The first-order chi connectivity index (χ1) is 6.29. The molecule has 0 bridgehead atoms. The topological polar surface area (TPSA) is 18.5 Å². The first-order valence-electron chi connectivity index (χ1n) is 3.57. The summed E-state index contributed by atoms with van der Waals surface area (Å²) in [5.41, 5.74) is 0. The van der Waals surface area contributed by atoms with Gasteiger partial charge in [-0.3, -0.25) is 0 Å². The van der Waals surface area contributed by atoms with Crippen LogP contribution in [0.5, 0.6) is 0 Å².